The predicted molar refractivity (Wildman–Crippen MR) is 93.8 cm³/mol. The Morgan fingerprint density at radius 2 is 2.15 bits per heavy atom. The fourth-order valence-corrected chi connectivity index (χ4v) is 4.54. The number of halogens is 1. The molecule has 0 spiro atoms. The van der Waals surface area contributed by atoms with Gasteiger partial charge in [-0.05, 0) is 13.0 Å². The molecule has 0 saturated carbocycles. The van der Waals surface area contributed by atoms with E-state index in [0.717, 1.165) is 26.2 Å². The SMILES string of the molecule is CN1NCNC1C1CCNCC1NC(=O)C1C(N)[N-]N2CC(F)CNC12. The first kappa shape index (κ1) is 18.4. The Morgan fingerprint density at radius 1 is 1.31 bits per heavy atom. The Labute approximate surface area is 152 Å². The van der Waals surface area contributed by atoms with Gasteiger partial charge < -0.3 is 26.8 Å². The van der Waals surface area contributed by atoms with E-state index in [-0.39, 0.29) is 43.3 Å². The van der Waals surface area contributed by atoms with E-state index in [4.69, 9.17) is 5.73 Å². The number of hydrazine groups is 1. The van der Waals surface area contributed by atoms with Crippen molar-refractivity contribution in [1.82, 2.24) is 36.7 Å². The van der Waals surface area contributed by atoms with Crippen LogP contribution in [0.25, 0.3) is 5.43 Å². The van der Waals surface area contributed by atoms with Crippen LogP contribution in [0, 0.1) is 11.8 Å². The highest BCUT2D eigenvalue weighted by Gasteiger charge is 2.42. The number of alkyl halides is 1. The van der Waals surface area contributed by atoms with E-state index in [9.17, 15) is 9.18 Å². The molecule has 148 valence electrons. The molecule has 4 aliphatic heterocycles. The molecule has 0 aromatic carbocycles. The lowest BCUT2D eigenvalue weighted by Crippen LogP contribution is -2.62. The third-order valence-corrected chi connectivity index (χ3v) is 5.87. The monoisotopic (exact) mass is 370 g/mol. The van der Waals surface area contributed by atoms with Crippen LogP contribution in [-0.4, -0.2) is 86.5 Å². The lowest BCUT2D eigenvalue weighted by molar-refractivity contribution is -0.128. The van der Waals surface area contributed by atoms with Gasteiger partial charge in [-0.15, -0.1) is 0 Å². The smallest absolute Gasteiger partial charge is 0.226 e. The number of hydrogen-bond acceptors (Lipinski definition) is 8. The molecule has 4 fully saturated rings. The van der Waals surface area contributed by atoms with Gasteiger partial charge in [-0.1, -0.05) is 6.17 Å². The van der Waals surface area contributed by atoms with Gasteiger partial charge in [0.25, 0.3) is 0 Å². The van der Waals surface area contributed by atoms with E-state index in [2.05, 4.69) is 37.1 Å². The molecular weight excluding hydrogens is 341 g/mol. The molecule has 11 heteroatoms. The second-order valence-electron chi connectivity index (χ2n) is 7.57. The predicted octanol–water partition coefficient (Wildman–Crippen LogP) is -2.82. The summed E-state index contributed by atoms with van der Waals surface area (Å²) >= 11 is 0. The van der Waals surface area contributed by atoms with Crippen LogP contribution >= 0.6 is 0 Å². The van der Waals surface area contributed by atoms with E-state index in [1.807, 2.05) is 7.05 Å². The van der Waals surface area contributed by atoms with Crippen molar-refractivity contribution in [2.75, 3.05) is 39.9 Å². The molecule has 7 atom stereocenters. The first-order valence-electron chi connectivity index (χ1n) is 9.36. The maximum absolute atomic E-state index is 13.6. The Hall–Kier alpha value is -0.920. The Morgan fingerprint density at radius 3 is 2.92 bits per heavy atom. The summed E-state index contributed by atoms with van der Waals surface area (Å²) in [4.78, 5) is 13.0. The molecule has 1 amide bonds. The van der Waals surface area contributed by atoms with Crippen molar-refractivity contribution >= 4 is 5.91 Å². The average Bonchev–Trinajstić information content (AvgIpc) is 3.17. The first-order valence-corrected chi connectivity index (χ1v) is 9.36. The summed E-state index contributed by atoms with van der Waals surface area (Å²) in [7, 11) is 2.01. The normalized spacial score (nSPS) is 44.8. The molecule has 4 saturated heterocycles. The second kappa shape index (κ2) is 7.60. The number of carbonyl (C=O) groups is 1. The summed E-state index contributed by atoms with van der Waals surface area (Å²) in [5.41, 5.74) is 13.6. The zero-order valence-corrected chi connectivity index (χ0v) is 15.0. The topological polar surface area (TPSA) is 124 Å². The molecule has 10 nitrogen and oxygen atoms in total. The number of carbonyl (C=O) groups excluding carboxylic acids is 1. The zero-order chi connectivity index (χ0) is 18.3. The number of piperidine rings is 1. The van der Waals surface area contributed by atoms with Gasteiger partial charge in [0.15, 0.2) is 0 Å². The lowest BCUT2D eigenvalue weighted by Gasteiger charge is -2.42. The standard InChI is InChI=1S/C15H29FN9O/c1-24-13(20-7-21-24)9-2-3-18-5-10(9)22-15(26)11-12(17)23-25-6-8(16)4-19-14(11)25/h8-14,18-21H,2-7,17H2,1H3,(H,22,26)/q-1. The van der Waals surface area contributed by atoms with E-state index in [1.165, 1.54) is 0 Å². The van der Waals surface area contributed by atoms with E-state index < -0.39 is 18.3 Å². The number of nitrogens with one attached hydrogen (secondary N) is 5. The van der Waals surface area contributed by atoms with Crippen LogP contribution in [0.1, 0.15) is 6.42 Å². The largest absolute Gasteiger partial charge is 0.578 e. The molecule has 0 bridgehead atoms. The molecule has 7 N–H and O–H groups in total. The van der Waals surface area contributed by atoms with E-state index >= 15 is 0 Å². The van der Waals surface area contributed by atoms with Crippen molar-refractivity contribution < 1.29 is 9.18 Å². The lowest BCUT2D eigenvalue weighted by atomic mass is 9.88. The van der Waals surface area contributed by atoms with Crippen molar-refractivity contribution in [3.05, 3.63) is 5.43 Å². The third kappa shape index (κ3) is 3.45. The number of nitrogens with two attached hydrogens (primary N) is 1. The summed E-state index contributed by atoms with van der Waals surface area (Å²) in [5.74, 6) is -0.358. The number of fused-ring (bicyclic) bond motifs is 1. The van der Waals surface area contributed by atoms with Gasteiger partial charge in [0, 0.05) is 38.6 Å². The van der Waals surface area contributed by atoms with Crippen LogP contribution in [0.2, 0.25) is 0 Å². The van der Waals surface area contributed by atoms with Crippen LogP contribution < -0.4 is 32.4 Å². The van der Waals surface area contributed by atoms with E-state index in [0.29, 0.717) is 0 Å². The number of nitrogens with zero attached hydrogens (tertiary/aromatic N) is 3. The van der Waals surface area contributed by atoms with Crippen molar-refractivity contribution in [2.24, 2.45) is 17.6 Å². The molecule has 26 heavy (non-hydrogen) atoms. The van der Waals surface area contributed by atoms with Crippen LogP contribution in [0.5, 0.6) is 0 Å². The zero-order valence-electron chi connectivity index (χ0n) is 15.0. The van der Waals surface area contributed by atoms with Crippen molar-refractivity contribution in [1.29, 1.82) is 0 Å². The second-order valence-corrected chi connectivity index (χ2v) is 7.57. The summed E-state index contributed by atoms with van der Waals surface area (Å²) < 4.78 is 13.6. The van der Waals surface area contributed by atoms with Gasteiger partial charge in [0.1, 0.15) is 6.17 Å². The third-order valence-electron chi connectivity index (χ3n) is 5.87. The minimum absolute atomic E-state index is 0.00476. The molecule has 4 heterocycles. The van der Waals surface area contributed by atoms with E-state index in [1.54, 1.807) is 5.01 Å². The molecule has 7 unspecified atom stereocenters. The molecule has 0 aromatic heterocycles. The highest BCUT2D eigenvalue weighted by atomic mass is 19.1. The van der Waals surface area contributed by atoms with Crippen molar-refractivity contribution in [2.45, 2.75) is 37.1 Å². The minimum Gasteiger partial charge on any atom is -0.578 e. The molecule has 4 aliphatic rings. The Bertz CT molecular complexity index is 525. The van der Waals surface area contributed by atoms with Crippen LogP contribution in [0.3, 0.4) is 0 Å². The van der Waals surface area contributed by atoms with Crippen LogP contribution in [-0.2, 0) is 4.79 Å². The van der Waals surface area contributed by atoms with Gasteiger partial charge in [-0.3, -0.25) is 15.4 Å². The molecule has 0 radical (unpaired) electrons. The molecule has 4 rings (SSSR count). The summed E-state index contributed by atoms with van der Waals surface area (Å²) in [6, 6.07) is -0.00476. The minimum atomic E-state index is -0.993. The first-order chi connectivity index (χ1) is 12.5. The van der Waals surface area contributed by atoms with Crippen molar-refractivity contribution in [3.63, 3.8) is 0 Å². The maximum atomic E-state index is 13.6. The average molecular weight is 370 g/mol. The fraction of sp³-hybridized carbons (Fsp3) is 0.933. The summed E-state index contributed by atoms with van der Waals surface area (Å²) in [5, 5.41) is 16.7. The highest BCUT2D eigenvalue weighted by Crippen LogP contribution is 2.31. The van der Waals surface area contributed by atoms with Gasteiger partial charge >= 0.3 is 0 Å². The number of amides is 1. The number of rotatable bonds is 3. The van der Waals surface area contributed by atoms with Gasteiger partial charge in [-0.2, -0.15) is 0 Å². The van der Waals surface area contributed by atoms with Crippen LogP contribution in [0.15, 0.2) is 0 Å². The van der Waals surface area contributed by atoms with Crippen LogP contribution in [0.4, 0.5) is 4.39 Å². The Kier molecular flexibility index (Phi) is 5.39. The quantitative estimate of drug-likeness (QED) is 0.314. The summed E-state index contributed by atoms with van der Waals surface area (Å²) in [6.07, 6.45) is -0.844. The number of hydrogen-bond donors (Lipinski definition) is 6. The highest BCUT2D eigenvalue weighted by molar-refractivity contribution is 5.81. The van der Waals surface area contributed by atoms with Crippen molar-refractivity contribution in [3.8, 4) is 0 Å². The van der Waals surface area contributed by atoms with Gasteiger partial charge in [0.05, 0.1) is 24.9 Å². The fourth-order valence-electron chi connectivity index (χ4n) is 4.54. The van der Waals surface area contributed by atoms with Gasteiger partial charge in [0.2, 0.25) is 5.91 Å². The maximum Gasteiger partial charge on any atom is 0.226 e. The molecule has 0 aliphatic carbocycles. The molecule has 0 aromatic rings. The summed E-state index contributed by atoms with van der Waals surface area (Å²) in [6.45, 7) is 2.78. The van der Waals surface area contributed by atoms with Gasteiger partial charge in [-0.25, -0.2) is 14.8 Å². The molecular formula is C15H29FN9O-. The Balaban J connectivity index is 1.42.